The summed E-state index contributed by atoms with van der Waals surface area (Å²) in [6, 6.07) is 0.772. The van der Waals surface area contributed by atoms with Crippen LogP contribution in [-0.4, -0.2) is 29.1 Å². The van der Waals surface area contributed by atoms with E-state index in [1.807, 2.05) is 0 Å². The zero-order valence-electron chi connectivity index (χ0n) is 18.5. The van der Waals surface area contributed by atoms with E-state index in [-0.39, 0.29) is 24.4 Å². The molecule has 11 heteroatoms. The molecule has 0 heterocycles. The van der Waals surface area contributed by atoms with E-state index in [0.29, 0.717) is 37.8 Å². The lowest BCUT2D eigenvalue weighted by atomic mass is 9.83. The molecule has 1 aliphatic rings. The molecule has 1 unspecified atom stereocenters. The molecule has 186 valence electrons. The summed E-state index contributed by atoms with van der Waals surface area (Å²) >= 11 is 0. The number of hydrogen-bond acceptors (Lipinski definition) is 3. The number of rotatable bonds is 5. The summed E-state index contributed by atoms with van der Waals surface area (Å²) in [5.41, 5.74) is -4.18. The van der Waals surface area contributed by atoms with E-state index in [2.05, 4.69) is 10.6 Å². The number of aliphatic hydroxyl groups excluding tert-OH is 1. The Balaban J connectivity index is 1.94. The first kappa shape index (κ1) is 26.9. The third-order valence-corrected chi connectivity index (χ3v) is 5.61. The summed E-state index contributed by atoms with van der Waals surface area (Å²) in [6.45, 7) is 5.19. The quantitative estimate of drug-likeness (QED) is 0.509. The van der Waals surface area contributed by atoms with Crippen LogP contribution in [0.2, 0.25) is 0 Å². The molecule has 0 spiro atoms. The zero-order valence-corrected chi connectivity index (χ0v) is 18.5. The lowest BCUT2D eigenvalue weighted by Crippen LogP contribution is -2.47. The van der Waals surface area contributed by atoms with Crippen molar-refractivity contribution in [1.82, 2.24) is 5.32 Å². The highest BCUT2D eigenvalue weighted by Crippen LogP contribution is 2.37. The molecule has 0 radical (unpaired) electrons. The van der Waals surface area contributed by atoms with Crippen LogP contribution in [-0.2, 0) is 21.9 Å². The Bertz CT molecular complexity index is 821. The van der Waals surface area contributed by atoms with E-state index < -0.39 is 52.5 Å². The smallest absolute Gasteiger partial charge is 0.383 e. The number of benzene rings is 1. The van der Waals surface area contributed by atoms with Crippen LogP contribution in [0.3, 0.4) is 0 Å². The Kier molecular flexibility index (Phi) is 8.09. The number of halogens is 6. The van der Waals surface area contributed by atoms with Crippen molar-refractivity contribution in [3.8, 4) is 0 Å². The van der Waals surface area contributed by atoms with E-state index in [1.54, 1.807) is 20.8 Å². The highest BCUT2D eigenvalue weighted by molar-refractivity contribution is 5.91. The Hall–Kier alpha value is -2.30. The second-order valence-electron chi connectivity index (χ2n) is 9.54. The van der Waals surface area contributed by atoms with Gasteiger partial charge >= 0.3 is 12.4 Å². The molecule has 0 aromatic heterocycles. The third kappa shape index (κ3) is 7.90. The fourth-order valence-electron chi connectivity index (χ4n) is 3.69. The molecular formula is C22H28F6N2O3. The maximum Gasteiger partial charge on any atom is 0.416 e. The van der Waals surface area contributed by atoms with E-state index in [0.717, 1.165) is 0 Å². The molecule has 1 fully saturated rings. The number of amides is 2. The number of alkyl halides is 6. The van der Waals surface area contributed by atoms with Gasteiger partial charge in [-0.1, -0.05) is 20.8 Å². The minimum Gasteiger partial charge on any atom is -0.383 e. The van der Waals surface area contributed by atoms with Crippen LogP contribution in [0.15, 0.2) is 18.2 Å². The first-order chi connectivity index (χ1) is 15.0. The van der Waals surface area contributed by atoms with Gasteiger partial charge in [-0.3, -0.25) is 9.59 Å². The molecule has 5 nitrogen and oxygen atoms in total. The Labute approximate surface area is 187 Å². The molecule has 0 bridgehead atoms. The van der Waals surface area contributed by atoms with Crippen molar-refractivity contribution in [2.45, 2.75) is 77.4 Å². The van der Waals surface area contributed by atoms with Crippen molar-refractivity contribution in [2.24, 2.45) is 11.3 Å². The van der Waals surface area contributed by atoms with Crippen LogP contribution >= 0.6 is 0 Å². The minimum atomic E-state index is -5.00. The van der Waals surface area contributed by atoms with Gasteiger partial charge in [0.2, 0.25) is 11.8 Å². The lowest BCUT2D eigenvalue weighted by molar-refractivity contribution is -0.143. The molecule has 1 saturated carbocycles. The minimum absolute atomic E-state index is 0.00181. The van der Waals surface area contributed by atoms with Crippen molar-refractivity contribution >= 4 is 17.5 Å². The Morgan fingerprint density at radius 1 is 0.939 bits per heavy atom. The maximum atomic E-state index is 13.0. The fraction of sp³-hybridized carbons (Fsp3) is 0.636. The standard InChI is InChI=1S/C22H28F6N2O3/c1-20(2,3)18(32)19(33)30-15-6-4-12(5-7-15)8-17(31)29-16-10-13(21(23,24)25)9-14(11-16)22(26,27)28/h9-12,15,18,32H,4-8H2,1-3H3,(H,29,31)(H,30,33). The number of anilines is 1. The van der Waals surface area contributed by atoms with Crippen LogP contribution in [0.5, 0.6) is 0 Å². The summed E-state index contributed by atoms with van der Waals surface area (Å²) in [5, 5.41) is 15.0. The van der Waals surface area contributed by atoms with Crippen molar-refractivity contribution in [1.29, 1.82) is 0 Å². The van der Waals surface area contributed by atoms with Gasteiger partial charge in [0, 0.05) is 18.2 Å². The molecular weight excluding hydrogens is 454 g/mol. The van der Waals surface area contributed by atoms with E-state index in [9.17, 15) is 41.0 Å². The molecule has 33 heavy (non-hydrogen) atoms. The summed E-state index contributed by atoms with van der Waals surface area (Å²) in [6.07, 6.45) is -9.06. The summed E-state index contributed by atoms with van der Waals surface area (Å²) < 4.78 is 77.8. The monoisotopic (exact) mass is 482 g/mol. The number of hydrogen-bond donors (Lipinski definition) is 3. The van der Waals surface area contributed by atoms with Gasteiger partial charge in [0.25, 0.3) is 0 Å². The fourth-order valence-corrected chi connectivity index (χ4v) is 3.69. The largest absolute Gasteiger partial charge is 0.416 e. The topological polar surface area (TPSA) is 78.4 Å². The van der Waals surface area contributed by atoms with Gasteiger partial charge in [0.05, 0.1) is 11.1 Å². The SMILES string of the molecule is CC(C)(C)C(O)C(=O)NC1CCC(CC(=O)Nc2cc(C(F)(F)F)cc(C(F)(F)F)c2)CC1. The average Bonchev–Trinajstić information content (AvgIpc) is 2.66. The van der Waals surface area contributed by atoms with Crippen LogP contribution in [0.4, 0.5) is 32.0 Å². The number of carbonyl (C=O) groups excluding carboxylic acids is 2. The average molecular weight is 482 g/mol. The Morgan fingerprint density at radius 2 is 1.42 bits per heavy atom. The number of carbonyl (C=O) groups is 2. The zero-order chi connectivity index (χ0) is 25.2. The highest BCUT2D eigenvalue weighted by atomic mass is 19.4. The molecule has 3 N–H and O–H groups in total. The van der Waals surface area contributed by atoms with Crippen LogP contribution < -0.4 is 10.6 Å². The molecule has 1 aromatic rings. The second-order valence-corrected chi connectivity index (χ2v) is 9.54. The van der Waals surface area contributed by atoms with Gasteiger partial charge in [-0.2, -0.15) is 26.3 Å². The van der Waals surface area contributed by atoms with E-state index in [1.165, 1.54) is 0 Å². The Morgan fingerprint density at radius 3 is 1.85 bits per heavy atom. The summed E-state index contributed by atoms with van der Waals surface area (Å²) in [4.78, 5) is 24.4. The summed E-state index contributed by atoms with van der Waals surface area (Å²) in [5.74, 6) is -1.29. The number of aliphatic hydroxyl groups is 1. The molecule has 1 aliphatic carbocycles. The predicted octanol–water partition coefficient (Wildman–Crippen LogP) is 5.13. The second kappa shape index (κ2) is 9.90. The molecule has 0 saturated heterocycles. The van der Waals surface area contributed by atoms with Crippen LogP contribution in [0.1, 0.15) is 64.0 Å². The van der Waals surface area contributed by atoms with E-state index in [4.69, 9.17) is 0 Å². The van der Waals surface area contributed by atoms with Crippen molar-refractivity contribution in [3.05, 3.63) is 29.3 Å². The van der Waals surface area contributed by atoms with Crippen LogP contribution in [0, 0.1) is 11.3 Å². The summed E-state index contributed by atoms with van der Waals surface area (Å²) in [7, 11) is 0. The molecule has 0 aliphatic heterocycles. The highest BCUT2D eigenvalue weighted by Gasteiger charge is 2.37. The molecule has 1 atom stereocenters. The third-order valence-electron chi connectivity index (χ3n) is 5.61. The van der Waals surface area contributed by atoms with Gasteiger partial charge in [-0.25, -0.2) is 0 Å². The van der Waals surface area contributed by atoms with E-state index >= 15 is 0 Å². The number of nitrogens with one attached hydrogen (secondary N) is 2. The molecule has 2 rings (SSSR count). The lowest BCUT2D eigenvalue weighted by Gasteiger charge is -2.31. The first-order valence-corrected chi connectivity index (χ1v) is 10.5. The van der Waals surface area contributed by atoms with Gasteiger partial charge in [-0.05, 0) is 55.2 Å². The van der Waals surface area contributed by atoms with Gasteiger partial charge in [0.15, 0.2) is 0 Å². The van der Waals surface area contributed by atoms with Crippen molar-refractivity contribution in [3.63, 3.8) is 0 Å². The van der Waals surface area contributed by atoms with Gasteiger partial charge in [0.1, 0.15) is 6.10 Å². The predicted molar refractivity (Wildman–Crippen MR) is 109 cm³/mol. The molecule has 2 amide bonds. The van der Waals surface area contributed by atoms with Crippen LogP contribution in [0.25, 0.3) is 0 Å². The normalized spacial score (nSPS) is 20.8. The van der Waals surface area contributed by atoms with Gasteiger partial charge in [-0.15, -0.1) is 0 Å². The molecule has 1 aromatic carbocycles. The van der Waals surface area contributed by atoms with Crippen molar-refractivity contribution < 1.29 is 41.0 Å². The van der Waals surface area contributed by atoms with Gasteiger partial charge < -0.3 is 15.7 Å². The maximum absolute atomic E-state index is 13.0. The first-order valence-electron chi connectivity index (χ1n) is 10.5. The van der Waals surface area contributed by atoms with Crippen molar-refractivity contribution in [2.75, 3.05) is 5.32 Å².